The Kier molecular flexibility index (Phi) is 5.08. The van der Waals surface area contributed by atoms with Crippen LogP contribution in [0.2, 0.25) is 5.02 Å². The van der Waals surface area contributed by atoms with E-state index in [0.29, 0.717) is 16.3 Å². The van der Waals surface area contributed by atoms with Crippen molar-refractivity contribution >= 4 is 35.1 Å². The van der Waals surface area contributed by atoms with E-state index in [9.17, 15) is 23.2 Å². The maximum absolute atomic E-state index is 13.6. The standard InChI is InChI=1S/C19H16ClF2N3O3/c1-10-12(20)4-3-5-15(10)23-16(26)9-25-17(27)19(2,24-18(25)28)11-6-7-13(21)14(22)8-11/h3-8H,9H2,1-2H3,(H,23,26)(H,24,28). The molecule has 1 unspecified atom stereocenters. The molecule has 1 saturated heterocycles. The molecule has 1 atom stereocenters. The zero-order valence-electron chi connectivity index (χ0n) is 15.0. The summed E-state index contributed by atoms with van der Waals surface area (Å²) in [5.74, 6) is -3.57. The Hall–Kier alpha value is -3.00. The minimum atomic E-state index is -1.61. The highest BCUT2D eigenvalue weighted by molar-refractivity contribution is 6.31. The fourth-order valence-corrected chi connectivity index (χ4v) is 3.09. The van der Waals surface area contributed by atoms with E-state index < -0.39 is 41.6 Å². The lowest BCUT2D eigenvalue weighted by molar-refractivity contribution is -0.133. The van der Waals surface area contributed by atoms with E-state index in [1.165, 1.54) is 13.0 Å². The van der Waals surface area contributed by atoms with E-state index in [0.717, 1.165) is 17.0 Å². The second kappa shape index (κ2) is 7.20. The lowest BCUT2D eigenvalue weighted by Crippen LogP contribution is -2.42. The van der Waals surface area contributed by atoms with Crippen molar-refractivity contribution in [2.75, 3.05) is 11.9 Å². The van der Waals surface area contributed by atoms with Gasteiger partial charge in [-0.15, -0.1) is 0 Å². The van der Waals surface area contributed by atoms with Crippen molar-refractivity contribution < 1.29 is 23.2 Å². The molecule has 0 bridgehead atoms. The molecule has 1 aliphatic heterocycles. The Morgan fingerprint density at radius 2 is 1.93 bits per heavy atom. The van der Waals surface area contributed by atoms with Crippen LogP contribution in [0.3, 0.4) is 0 Å². The molecule has 1 heterocycles. The average Bonchev–Trinajstić information content (AvgIpc) is 2.85. The second-order valence-corrected chi connectivity index (χ2v) is 6.94. The summed E-state index contributed by atoms with van der Waals surface area (Å²) in [7, 11) is 0. The van der Waals surface area contributed by atoms with Crippen molar-refractivity contribution in [3.8, 4) is 0 Å². The van der Waals surface area contributed by atoms with Crippen LogP contribution in [0, 0.1) is 18.6 Å². The summed E-state index contributed by atoms with van der Waals surface area (Å²) in [6.07, 6.45) is 0. The lowest BCUT2D eigenvalue weighted by atomic mass is 9.92. The van der Waals surface area contributed by atoms with Gasteiger partial charge in [-0.3, -0.25) is 14.5 Å². The topological polar surface area (TPSA) is 78.5 Å². The van der Waals surface area contributed by atoms with Crippen LogP contribution in [0.25, 0.3) is 0 Å². The van der Waals surface area contributed by atoms with Crippen molar-refractivity contribution in [2.45, 2.75) is 19.4 Å². The van der Waals surface area contributed by atoms with Crippen LogP contribution in [0.4, 0.5) is 19.3 Å². The van der Waals surface area contributed by atoms with Gasteiger partial charge in [0, 0.05) is 10.7 Å². The molecule has 3 rings (SSSR count). The molecule has 0 aliphatic carbocycles. The highest BCUT2D eigenvalue weighted by Crippen LogP contribution is 2.30. The number of urea groups is 1. The van der Waals surface area contributed by atoms with E-state index in [-0.39, 0.29) is 5.56 Å². The number of nitrogens with zero attached hydrogens (tertiary/aromatic N) is 1. The molecule has 0 spiro atoms. The number of halogens is 3. The van der Waals surface area contributed by atoms with Crippen LogP contribution in [-0.2, 0) is 15.1 Å². The van der Waals surface area contributed by atoms with Gasteiger partial charge in [-0.1, -0.05) is 23.7 Å². The van der Waals surface area contributed by atoms with Gasteiger partial charge >= 0.3 is 6.03 Å². The molecule has 1 aliphatic rings. The van der Waals surface area contributed by atoms with Crippen LogP contribution in [-0.4, -0.2) is 29.3 Å². The Labute approximate surface area is 164 Å². The fraction of sp³-hybridized carbons (Fsp3) is 0.211. The number of hydrogen-bond donors (Lipinski definition) is 2. The van der Waals surface area contributed by atoms with Gasteiger partial charge in [-0.05, 0) is 49.2 Å². The molecule has 2 aromatic carbocycles. The Morgan fingerprint density at radius 1 is 1.21 bits per heavy atom. The first kappa shape index (κ1) is 19.8. The van der Waals surface area contributed by atoms with Gasteiger partial charge in [-0.25, -0.2) is 13.6 Å². The fourth-order valence-electron chi connectivity index (χ4n) is 2.92. The molecule has 1 fully saturated rings. The predicted molar refractivity (Wildman–Crippen MR) is 98.8 cm³/mol. The molecule has 28 heavy (non-hydrogen) atoms. The summed E-state index contributed by atoms with van der Waals surface area (Å²) < 4.78 is 26.7. The van der Waals surface area contributed by atoms with Crippen LogP contribution < -0.4 is 10.6 Å². The number of carbonyl (C=O) groups is 3. The third-order valence-corrected chi connectivity index (χ3v) is 5.02. The van der Waals surface area contributed by atoms with Gasteiger partial charge in [-0.2, -0.15) is 0 Å². The normalized spacial score (nSPS) is 19.0. The molecular weight excluding hydrogens is 392 g/mol. The first-order valence-corrected chi connectivity index (χ1v) is 8.66. The van der Waals surface area contributed by atoms with Gasteiger partial charge in [0.1, 0.15) is 12.1 Å². The number of benzene rings is 2. The van der Waals surface area contributed by atoms with E-state index in [1.807, 2.05) is 0 Å². The van der Waals surface area contributed by atoms with Gasteiger partial charge in [0.25, 0.3) is 5.91 Å². The Balaban J connectivity index is 1.79. The molecule has 146 valence electrons. The molecule has 4 amide bonds. The molecule has 2 N–H and O–H groups in total. The van der Waals surface area contributed by atoms with Gasteiger partial charge in [0.05, 0.1) is 0 Å². The Bertz CT molecular complexity index is 998. The SMILES string of the molecule is Cc1c(Cl)cccc1NC(=O)CN1C(=O)NC(C)(c2ccc(F)c(F)c2)C1=O. The molecule has 0 saturated carbocycles. The summed E-state index contributed by atoms with van der Waals surface area (Å²) in [5.41, 5.74) is -0.453. The minimum absolute atomic E-state index is 0.0679. The number of hydrogen-bond acceptors (Lipinski definition) is 3. The third-order valence-electron chi connectivity index (χ3n) is 4.62. The van der Waals surface area contributed by atoms with Gasteiger partial charge in [0.2, 0.25) is 5.91 Å². The molecule has 2 aromatic rings. The van der Waals surface area contributed by atoms with Gasteiger partial charge in [0.15, 0.2) is 11.6 Å². The van der Waals surface area contributed by atoms with Crippen molar-refractivity contribution in [3.63, 3.8) is 0 Å². The highest BCUT2D eigenvalue weighted by atomic mass is 35.5. The van der Waals surface area contributed by atoms with Crippen molar-refractivity contribution in [2.24, 2.45) is 0 Å². The summed E-state index contributed by atoms with van der Waals surface area (Å²) in [6.45, 7) is 2.53. The second-order valence-electron chi connectivity index (χ2n) is 6.54. The number of imide groups is 1. The molecule has 9 heteroatoms. The van der Waals surface area contributed by atoms with E-state index in [1.54, 1.807) is 25.1 Å². The maximum Gasteiger partial charge on any atom is 0.325 e. The number of nitrogens with one attached hydrogen (secondary N) is 2. The van der Waals surface area contributed by atoms with Crippen molar-refractivity contribution in [1.82, 2.24) is 10.2 Å². The number of amides is 4. The summed E-state index contributed by atoms with van der Waals surface area (Å²) in [4.78, 5) is 38.1. The summed E-state index contributed by atoms with van der Waals surface area (Å²) in [5, 5.41) is 5.48. The van der Waals surface area contributed by atoms with Crippen LogP contribution in [0.15, 0.2) is 36.4 Å². The van der Waals surface area contributed by atoms with E-state index >= 15 is 0 Å². The largest absolute Gasteiger partial charge is 0.325 e. The minimum Gasteiger partial charge on any atom is -0.324 e. The zero-order chi connectivity index (χ0) is 20.6. The quantitative estimate of drug-likeness (QED) is 0.763. The maximum atomic E-state index is 13.6. The number of anilines is 1. The van der Waals surface area contributed by atoms with Crippen molar-refractivity contribution in [1.29, 1.82) is 0 Å². The lowest BCUT2D eigenvalue weighted by Gasteiger charge is -2.22. The predicted octanol–water partition coefficient (Wildman–Crippen LogP) is 3.33. The first-order chi connectivity index (χ1) is 13.1. The van der Waals surface area contributed by atoms with Crippen molar-refractivity contribution in [3.05, 3.63) is 64.2 Å². The molecule has 0 radical (unpaired) electrons. The smallest absolute Gasteiger partial charge is 0.324 e. The van der Waals surface area contributed by atoms with Crippen LogP contribution >= 0.6 is 11.6 Å². The highest BCUT2D eigenvalue weighted by Gasteiger charge is 2.49. The van der Waals surface area contributed by atoms with E-state index in [4.69, 9.17) is 11.6 Å². The van der Waals surface area contributed by atoms with Crippen LogP contribution in [0.1, 0.15) is 18.1 Å². The number of carbonyl (C=O) groups excluding carboxylic acids is 3. The summed E-state index contributed by atoms with van der Waals surface area (Å²) >= 11 is 6.01. The average molecular weight is 408 g/mol. The monoisotopic (exact) mass is 407 g/mol. The van der Waals surface area contributed by atoms with Crippen LogP contribution in [0.5, 0.6) is 0 Å². The Morgan fingerprint density at radius 3 is 2.61 bits per heavy atom. The zero-order valence-corrected chi connectivity index (χ0v) is 15.7. The number of rotatable bonds is 4. The molecule has 0 aromatic heterocycles. The first-order valence-electron chi connectivity index (χ1n) is 8.28. The molecular formula is C19H16ClF2N3O3. The summed E-state index contributed by atoms with van der Waals surface area (Å²) in [6, 6.07) is 7.05. The van der Waals surface area contributed by atoms with Gasteiger partial charge < -0.3 is 10.6 Å². The third kappa shape index (κ3) is 3.43. The van der Waals surface area contributed by atoms with E-state index in [2.05, 4.69) is 10.6 Å². The molecule has 6 nitrogen and oxygen atoms in total.